The van der Waals surface area contributed by atoms with Crippen molar-refractivity contribution in [2.45, 2.75) is 19.8 Å². The summed E-state index contributed by atoms with van der Waals surface area (Å²) in [5.74, 6) is 0.0520. The Morgan fingerprint density at radius 3 is 2.89 bits per heavy atom. The Kier molecular flexibility index (Phi) is 4.28. The van der Waals surface area contributed by atoms with Gasteiger partial charge in [0.1, 0.15) is 4.88 Å². The molecule has 0 bridgehead atoms. The first kappa shape index (κ1) is 13.4. The first-order chi connectivity index (χ1) is 8.58. The van der Waals surface area contributed by atoms with Gasteiger partial charge in [-0.05, 0) is 58.2 Å². The fourth-order valence-electron chi connectivity index (χ4n) is 1.49. The lowest BCUT2D eigenvalue weighted by Gasteiger charge is -2.06. The second-order valence-electron chi connectivity index (χ2n) is 4.11. The molecule has 1 aromatic carbocycles. The minimum Gasteiger partial charge on any atom is -0.321 e. The van der Waals surface area contributed by atoms with Crippen LogP contribution in [-0.4, -0.2) is 15.5 Å². The molecule has 4 nitrogen and oxygen atoms in total. The Balaban J connectivity index is 2.20. The van der Waals surface area contributed by atoms with E-state index < -0.39 is 0 Å². The largest absolute Gasteiger partial charge is 0.321 e. The Bertz CT molecular complexity index is 568. The molecule has 0 saturated heterocycles. The summed E-state index contributed by atoms with van der Waals surface area (Å²) in [6.07, 6.45) is 0. The summed E-state index contributed by atoms with van der Waals surface area (Å²) in [6.45, 7) is 4.00. The summed E-state index contributed by atoms with van der Waals surface area (Å²) in [5, 5.41) is 6.87. The van der Waals surface area contributed by atoms with Gasteiger partial charge in [0, 0.05) is 9.26 Å². The molecule has 0 radical (unpaired) electrons. The highest BCUT2D eigenvalue weighted by molar-refractivity contribution is 14.1. The van der Waals surface area contributed by atoms with Crippen LogP contribution in [0.4, 0.5) is 5.69 Å². The van der Waals surface area contributed by atoms with Gasteiger partial charge < -0.3 is 5.32 Å². The van der Waals surface area contributed by atoms with Crippen LogP contribution in [0.15, 0.2) is 24.3 Å². The molecule has 2 rings (SSSR count). The number of carbonyl (C=O) groups excluding carboxylic acids is 1. The molecule has 94 valence electrons. The van der Waals surface area contributed by atoms with E-state index in [9.17, 15) is 4.79 Å². The lowest BCUT2D eigenvalue weighted by Crippen LogP contribution is -2.13. The van der Waals surface area contributed by atoms with Gasteiger partial charge in [0.2, 0.25) is 0 Å². The molecule has 1 amide bonds. The van der Waals surface area contributed by atoms with E-state index in [1.165, 1.54) is 0 Å². The van der Waals surface area contributed by atoms with Crippen LogP contribution in [0.2, 0.25) is 0 Å². The molecule has 0 aliphatic carbocycles. The lowest BCUT2D eigenvalue weighted by atomic mass is 10.1. The number of hydrogen-bond donors (Lipinski definition) is 1. The van der Waals surface area contributed by atoms with Crippen molar-refractivity contribution in [3.63, 3.8) is 0 Å². The lowest BCUT2D eigenvalue weighted by molar-refractivity contribution is 0.102. The van der Waals surface area contributed by atoms with E-state index in [0.717, 1.165) is 26.5 Å². The van der Waals surface area contributed by atoms with Crippen molar-refractivity contribution in [1.29, 1.82) is 0 Å². The molecule has 0 saturated carbocycles. The average Bonchev–Trinajstić information content (AvgIpc) is 2.77. The molecule has 0 atom stereocenters. The zero-order chi connectivity index (χ0) is 13.1. The zero-order valence-electron chi connectivity index (χ0n) is 9.98. The maximum absolute atomic E-state index is 12.1. The zero-order valence-corrected chi connectivity index (χ0v) is 12.9. The number of nitrogens with zero attached hydrogens (tertiary/aromatic N) is 2. The number of nitrogens with one attached hydrogen (secondary N) is 1. The van der Waals surface area contributed by atoms with Crippen LogP contribution >= 0.6 is 34.1 Å². The number of benzene rings is 1. The predicted molar refractivity (Wildman–Crippen MR) is 81.1 cm³/mol. The highest BCUT2D eigenvalue weighted by atomic mass is 127. The van der Waals surface area contributed by atoms with E-state index in [2.05, 4.69) is 37.5 Å². The number of aromatic nitrogens is 2. The Morgan fingerprint density at radius 2 is 2.22 bits per heavy atom. The third kappa shape index (κ3) is 3.05. The first-order valence-electron chi connectivity index (χ1n) is 5.47. The summed E-state index contributed by atoms with van der Waals surface area (Å²) < 4.78 is 4.93. The van der Waals surface area contributed by atoms with E-state index >= 15 is 0 Å². The van der Waals surface area contributed by atoms with Crippen molar-refractivity contribution in [2.24, 2.45) is 0 Å². The second-order valence-corrected chi connectivity index (χ2v) is 6.11. The molecule has 0 fully saturated rings. The van der Waals surface area contributed by atoms with Gasteiger partial charge in [-0.15, -0.1) is 5.10 Å². The molecule has 0 spiro atoms. The monoisotopic (exact) mass is 373 g/mol. The minimum absolute atomic E-state index is 0.143. The molecule has 1 heterocycles. The van der Waals surface area contributed by atoms with Gasteiger partial charge in [0.15, 0.2) is 0 Å². The normalized spacial score (nSPS) is 10.7. The Hall–Kier alpha value is -1.02. The predicted octanol–water partition coefficient (Wildman–Crippen LogP) is 3.52. The average molecular weight is 373 g/mol. The maximum Gasteiger partial charge on any atom is 0.269 e. The van der Waals surface area contributed by atoms with Crippen LogP contribution in [-0.2, 0) is 0 Å². The van der Waals surface area contributed by atoms with Crippen LogP contribution in [0.3, 0.4) is 0 Å². The van der Waals surface area contributed by atoms with Crippen molar-refractivity contribution in [3.05, 3.63) is 38.4 Å². The molecular formula is C12H12IN3OS. The fraction of sp³-hybridized carbons (Fsp3) is 0.250. The van der Waals surface area contributed by atoms with Gasteiger partial charge in [-0.3, -0.25) is 4.79 Å². The number of halogens is 1. The van der Waals surface area contributed by atoms with Crippen LogP contribution in [0.1, 0.15) is 35.1 Å². The van der Waals surface area contributed by atoms with Gasteiger partial charge >= 0.3 is 0 Å². The maximum atomic E-state index is 12.1. The summed E-state index contributed by atoms with van der Waals surface area (Å²) in [5.41, 5.74) is 1.54. The fourth-order valence-corrected chi connectivity index (χ4v) is 2.74. The van der Waals surface area contributed by atoms with E-state index in [0.29, 0.717) is 4.88 Å². The number of amides is 1. The second kappa shape index (κ2) is 5.75. The first-order valence-corrected chi connectivity index (χ1v) is 7.32. The third-order valence-corrected chi connectivity index (χ3v) is 3.76. The summed E-state index contributed by atoms with van der Waals surface area (Å²) in [6, 6.07) is 7.67. The standard InChI is InChI=1S/C12H12IN3OS/c1-7(2)10-11(18-16-15-10)12(17)14-9-5-3-4-8(13)6-9/h3-7H,1-2H3,(H,14,17). The van der Waals surface area contributed by atoms with Gasteiger partial charge in [-0.2, -0.15) is 0 Å². The topological polar surface area (TPSA) is 54.9 Å². The van der Waals surface area contributed by atoms with Gasteiger partial charge in [0.05, 0.1) is 5.69 Å². The molecule has 0 aliphatic rings. The van der Waals surface area contributed by atoms with Gasteiger partial charge in [0.25, 0.3) is 5.91 Å². The molecule has 0 aliphatic heterocycles. The van der Waals surface area contributed by atoms with Crippen molar-refractivity contribution in [3.8, 4) is 0 Å². The summed E-state index contributed by atoms with van der Waals surface area (Å²) in [4.78, 5) is 12.7. The van der Waals surface area contributed by atoms with E-state index in [1.54, 1.807) is 0 Å². The van der Waals surface area contributed by atoms with Crippen molar-refractivity contribution < 1.29 is 4.79 Å². The molecule has 1 N–H and O–H groups in total. The van der Waals surface area contributed by atoms with Crippen molar-refractivity contribution in [2.75, 3.05) is 5.32 Å². The minimum atomic E-state index is -0.143. The highest BCUT2D eigenvalue weighted by Gasteiger charge is 2.18. The quantitative estimate of drug-likeness (QED) is 0.838. The number of carbonyl (C=O) groups is 1. The molecule has 6 heteroatoms. The number of anilines is 1. The number of rotatable bonds is 3. The molecule has 18 heavy (non-hydrogen) atoms. The number of hydrogen-bond acceptors (Lipinski definition) is 4. The molecule has 0 unspecified atom stereocenters. The van der Waals surface area contributed by atoms with E-state index in [-0.39, 0.29) is 11.8 Å². The van der Waals surface area contributed by atoms with Crippen LogP contribution in [0.5, 0.6) is 0 Å². The SMILES string of the molecule is CC(C)c1nnsc1C(=O)Nc1cccc(I)c1. The molecule has 1 aromatic heterocycles. The molecule has 2 aromatic rings. The van der Waals surface area contributed by atoms with Crippen LogP contribution in [0, 0.1) is 3.57 Å². The summed E-state index contributed by atoms with van der Waals surface area (Å²) >= 11 is 3.34. The van der Waals surface area contributed by atoms with E-state index in [4.69, 9.17) is 0 Å². The van der Waals surface area contributed by atoms with Gasteiger partial charge in [-0.1, -0.05) is 24.4 Å². The van der Waals surface area contributed by atoms with Crippen LogP contribution < -0.4 is 5.32 Å². The Labute approximate surface area is 123 Å². The smallest absolute Gasteiger partial charge is 0.269 e. The highest BCUT2D eigenvalue weighted by Crippen LogP contribution is 2.21. The van der Waals surface area contributed by atoms with Crippen molar-refractivity contribution >= 4 is 45.7 Å². The Morgan fingerprint density at radius 1 is 1.44 bits per heavy atom. The summed E-state index contributed by atoms with van der Waals surface area (Å²) in [7, 11) is 0. The third-order valence-electron chi connectivity index (χ3n) is 2.35. The molecular weight excluding hydrogens is 361 g/mol. The van der Waals surface area contributed by atoms with Crippen LogP contribution in [0.25, 0.3) is 0 Å². The van der Waals surface area contributed by atoms with Crippen molar-refractivity contribution in [1.82, 2.24) is 9.59 Å². The van der Waals surface area contributed by atoms with Gasteiger partial charge in [-0.25, -0.2) is 0 Å². The van der Waals surface area contributed by atoms with E-state index in [1.807, 2.05) is 38.1 Å².